The number of nitrogens with zero attached hydrogens (tertiary/aromatic N) is 10. The fraction of sp³-hybridized carbons (Fsp3) is 0.362. The molecular formula is C47H46F2N10O4S. The van der Waals surface area contributed by atoms with Crippen LogP contribution in [0.2, 0.25) is 0 Å². The molecule has 64 heavy (non-hydrogen) atoms. The Morgan fingerprint density at radius 1 is 0.984 bits per heavy atom. The van der Waals surface area contributed by atoms with Crippen LogP contribution in [0, 0.1) is 25.5 Å². The summed E-state index contributed by atoms with van der Waals surface area (Å²) in [5.74, 6) is -0.486. The van der Waals surface area contributed by atoms with E-state index >= 15 is 13.6 Å². The molecule has 8 aromatic rings. The van der Waals surface area contributed by atoms with Crippen molar-refractivity contribution in [2.45, 2.75) is 89.8 Å². The Labute approximate surface area is 370 Å². The Bertz CT molecular complexity index is 3270. The molecule has 3 aromatic carbocycles. The summed E-state index contributed by atoms with van der Waals surface area (Å²) in [5.41, 5.74) is 4.39. The zero-order valence-electron chi connectivity index (χ0n) is 36.3. The van der Waals surface area contributed by atoms with Crippen LogP contribution in [-0.4, -0.2) is 77.3 Å². The van der Waals surface area contributed by atoms with Crippen LogP contribution in [0.4, 0.5) is 8.78 Å². The normalized spacial score (nSPS) is 19.2. The molecule has 2 aliphatic heterocycles. The van der Waals surface area contributed by atoms with Crippen LogP contribution in [0.5, 0.6) is 6.01 Å². The van der Waals surface area contributed by atoms with E-state index in [1.807, 2.05) is 17.9 Å². The molecule has 1 unspecified atom stereocenters. The van der Waals surface area contributed by atoms with Gasteiger partial charge in [0, 0.05) is 55.5 Å². The second-order valence-electron chi connectivity index (χ2n) is 18.2. The predicted molar refractivity (Wildman–Crippen MR) is 237 cm³/mol. The molecule has 3 aliphatic rings. The van der Waals surface area contributed by atoms with Gasteiger partial charge in [-0.2, -0.15) is 15.2 Å². The maximum Gasteiger partial charge on any atom is 0.338 e. The minimum Gasteiger partial charge on any atom is -0.478 e. The number of carbonyl (C=O) groups is 1. The number of amides is 1. The molecule has 2 atom stereocenters. The lowest BCUT2D eigenvalue weighted by molar-refractivity contribution is -0.0592. The first kappa shape index (κ1) is 40.3. The third-order valence-electron chi connectivity index (χ3n) is 13.7. The maximum absolute atomic E-state index is 16.1. The van der Waals surface area contributed by atoms with Gasteiger partial charge in [0.2, 0.25) is 0 Å². The molecule has 0 bridgehead atoms. The topological polar surface area (TPSA) is 143 Å². The molecule has 17 heteroatoms. The van der Waals surface area contributed by atoms with Crippen LogP contribution < -0.4 is 5.69 Å². The fourth-order valence-corrected chi connectivity index (χ4v) is 11.1. The van der Waals surface area contributed by atoms with Gasteiger partial charge < -0.3 is 19.3 Å². The average Bonchev–Trinajstić information content (AvgIpc) is 3.72. The Morgan fingerprint density at radius 3 is 2.45 bits per heavy atom. The second kappa shape index (κ2) is 14.3. The standard InChI is InChI=1S/C47H46F2N10O4S/c1-25-19-31(20-26(2)39(25)48)59-41(57-17-16-56(45(57)62)36-10-9-35-32(40(36)49)24-50-54(35)6)38-27(3)55(15-11-33(38)52-59)42(60)37-22-30-21-28(29-12-18-63-46(4,5)23-29)7-8-34(30)58(37)47(13-14-47)43-51-44(61)53-64-43/h7-10,16-17,19-22,24,27,29H,11-15,18,23H2,1-6H3,(H,53,61)/t27-,29?/m0/s1. The van der Waals surface area contributed by atoms with Gasteiger partial charge in [0.1, 0.15) is 22.3 Å². The molecule has 1 amide bonds. The summed E-state index contributed by atoms with van der Waals surface area (Å²) in [7, 11) is 1.72. The molecule has 0 radical (unpaired) electrons. The smallest absolute Gasteiger partial charge is 0.338 e. The van der Waals surface area contributed by atoms with E-state index in [9.17, 15) is 9.90 Å². The van der Waals surface area contributed by atoms with Crippen molar-refractivity contribution in [2.75, 3.05) is 13.2 Å². The predicted octanol–water partition coefficient (Wildman–Crippen LogP) is 8.08. The number of hydrogen-bond donors (Lipinski definition) is 1. The lowest BCUT2D eigenvalue weighted by atomic mass is 9.83. The number of imidazole rings is 1. The quantitative estimate of drug-likeness (QED) is 0.169. The van der Waals surface area contributed by atoms with E-state index in [-0.39, 0.29) is 34.4 Å². The number of hydrogen-bond acceptors (Lipinski definition) is 9. The summed E-state index contributed by atoms with van der Waals surface area (Å²) in [6, 6.07) is 14.2. The summed E-state index contributed by atoms with van der Waals surface area (Å²) in [5, 5.41) is 21.4. The van der Waals surface area contributed by atoms with Crippen molar-refractivity contribution >= 4 is 39.2 Å². The van der Waals surface area contributed by atoms with Crippen molar-refractivity contribution in [3.63, 3.8) is 0 Å². The van der Waals surface area contributed by atoms with Crippen LogP contribution in [0.3, 0.4) is 0 Å². The number of ether oxygens (including phenoxy) is 1. The number of fused-ring (bicyclic) bond motifs is 3. The number of aromatic hydroxyl groups is 1. The summed E-state index contributed by atoms with van der Waals surface area (Å²) in [6.07, 6.45) is 8.08. The van der Waals surface area contributed by atoms with Crippen LogP contribution >= 0.6 is 11.5 Å². The zero-order chi connectivity index (χ0) is 44.6. The van der Waals surface area contributed by atoms with E-state index in [0.29, 0.717) is 88.4 Å². The maximum atomic E-state index is 16.1. The second-order valence-corrected chi connectivity index (χ2v) is 19.0. The van der Waals surface area contributed by atoms with Gasteiger partial charge in [-0.25, -0.2) is 18.3 Å². The highest BCUT2D eigenvalue weighted by Gasteiger charge is 2.52. The Morgan fingerprint density at radius 2 is 1.73 bits per heavy atom. The van der Waals surface area contributed by atoms with E-state index in [1.165, 1.54) is 27.1 Å². The fourth-order valence-electron chi connectivity index (χ4n) is 10.3. The molecular weight excluding hydrogens is 839 g/mol. The Hall–Kier alpha value is -6.46. The van der Waals surface area contributed by atoms with Gasteiger partial charge in [0.05, 0.1) is 51.4 Å². The highest BCUT2D eigenvalue weighted by Crippen LogP contribution is 2.53. The summed E-state index contributed by atoms with van der Waals surface area (Å²) in [4.78, 5) is 36.4. The molecule has 7 heterocycles. The third kappa shape index (κ3) is 6.10. The number of aromatic nitrogens is 9. The first-order chi connectivity index (χ1) is 30.6. The third-order valence-corrected chi connectivity index (χ3v) is 14.6. The number of benzene rings is 3. The van der Waals surface area contributed by atoms with Gasteiger partial charge in [-0.3, -0.25) is 18.6 Å². The van der Waals surface area contributed by atoms with E-state index < -0.39 is 23.1 Å². The highest BCUT2D eigenvalue weighted by atomic mass is 32.1. The summed E-state index contributed by atoms with van der Waals surface area (Å²) in [6.45, 7) is 10.5. The van der Waals surface area contributed by atoms with Crippen molar-refractivity contribution < 1.29 is 23.4 Å². The highest BCUT2D eigenvalue weighted by molar-refractivity contribution is 7.05. The van der Waals surface area contributed by atoms with E-state index in [0.717, 1.165) is 35.3 Å². The van der Waals surface area contributed by atoms with Crippen LogP contribution in [-0.2, 0) is 23.7 Å². The van der Waals surface area contributed by atoms with Gasteiger partial charge in [-0.1, -0.05) is 6.07 Å². The molecule has 1 N–H and O–H groups in total. The molecule has 2 fully saturated rings. The van der Waals surface area contributed by atoms with E-state index in [2.05, 4.69) is 51.1 Å². The molecule has 328 valence electrons. The van der Waals surface area contributed by atoms with Gasteiger partial charge in [-0.15, -0.1) is 4.37 Å². The van der Waals surface area contributed by atoms with Crippen LogP contribution in [0.1, 0.15) is 102 Å². The van der Waals surface area contributed by atoms with Crippen molar-refractivity contribution in [3.8, 4) is 23.2 Å². The monoisotopic (exact) mass is 884 g/mol. The number of rotatable bonds is 7. The first-order valence-electron chi connectivity index (χ1n) is 21.6. The Balaban J connectivity index is 1.05. The molecule has 1 aliphatic carbocycles. The summed E-state index contributed by atoms with van der Waals surface area (Å²) < 4.78 is 49.3. The van der Waals surface area contributed by atoms with Gasteiger partial charge in [0.15, 0.2) is 5.82 Å². The molecule has 1 saturated heterocycles. The number of aryl methyl sites for hydroxylation is 3. The van der Waals surface area contributed by atoms with E-state index in [1.54, 1.807) is 60.7 Å². The van der Waals surface area contributed by atoms with Gasteiger partial charge in [-0.05, 0) is 137 Å². The van der Waals surface area contributed by atoms with Gasteiger partial charge in [0.25, 0.3) is 5.91 Å². The number of halogens is 2. The first-order valence-corrected chi connectivity index (χ1v) is 22.4. The molecule has 1 saturated carbocycles. The summed E-state index contributed by atoms with van der Waals surface area (Å²) >= 11 is 1.14. The Kier molecular flexibility index (Phi) is 8.99. The van der Waals surface area contributed by atoms with Crippen molar-refractivity contribution in [1.29, 1.82) is 0 Å². The molecule has 14 nitrogen and oxygen atoms in total. The van der Waals surface area contributed by atoms with Crippen molar-refractivity contribution in [2.24, 2.45) is 7.05 Å². The van der Waals surface area contributed by atoms with Crippen molar-refractivity contribution in [1.82, 2.24) is 47.5 Å². The molecule has 0 spiro atoms. The van der Waals surface area contributed by atoms with Crippen LogP contribution in [0.25, 0.3) is 39.0 Å². The largest absolute Gasteiger partial charge is 0.478 e. The minimum atomic E-state index is -0.670. The SMILES string of the molecule is Cc1cc(-n2nc3c(c2-n2ccn(-c4ccc5c(cnn5C)c4F)c2=O)[C@H](C)N(C(=O)c2cc4cc(C5CCOC(C)(C)C5)ccc4n2C2(c4nc(O)ns4)CC2)CC3)cc(C)c1F. The van der Waals surface area contributed by atoms with Crippen molar-refractivity contribution in [3.05, 3.63) is 128 Å². The lowest BCUT2D eigenvalue weighted by Gasteiger charge is -2.35. The van der Waals surface area contributed by atoms with Gasteiger partial charge >= 0.3 is 11.7 Å². The zero-order valence-corrected chi connectivity index (χ0v) is 37.1. The molecule has 11 rings (SSSR count). The lowest BCUT2D eigenvalue weighted by Crippen LogP contribution is -2.41. The number of carbonyl (C=O) groups excluding carboxylic acids is 1. The average molecular weight is 885 g/mol. The van der Waals surface area contributed by atoms with Crippen LogP contribution in [0.15, 0.2) is 71.9 Å². The molecule has 5 aromatic heterocycles. The minimum absolute atomic E-state index is 0.0526. The van der Waals surface area contributed by atoms with E-state index in [4.69, 9.17) is 9.84 Å².